The van der Waals surface area contributed by atoms with E-state index in [4.69, 9.17) is 21.1 Å². The highest BCUT2D eigenvalue weighted by atomic mass is 35.5. The van der Waals surface area contributed by atoms with Gasteiger partial charge in [-0.15, -0.1) is 0 Å². The van der Waals surface area contributed by atoms with Crippen LogP contribution in [0.1, 0.15) is 13.8 Å². The lowest BCUT2D eigenvalue weighted by molar-refractivity contribution is 0.288. The average Bonchev–Trinajstić information content (AvgIpc) is 2.42. The maximum Gasteiger partial charge on any atom is 0.163 e. The number of ether oxygens (including phenoxy) is 2. The number of benzene rings is 1. The van der Waals surface area contributed by atoms with Gasteiger partial charge in [0.25, 0.3) is 0 Å². The molecule has 1 heterocycles. The third kappa shape index (κ3) is 3.78. The predicted molar refractivity (Wildman–Crippen MR) is 81.3 cm³/mol. The summed E-state index contributed by atoms with van der Waals surface area (Å²) in [7, 11) is 0. The molecule has 0 radical (unpaired) electrons. The Morgan fingerprint density at radius 1 is 1.05 bits per heavy atom. The van der Waals surface area contributed by atoms with Crippen LogP contribution in [-0.2, 0) is 0 Å². The second kappa shape index (κ2) is 7.01. The van der Waals surface area contributed by atoms with Crippen molar-refractivity contribution in [2.24, 2.45) is 0 Å². The highest BCUT2D eigenvalue weighted by Crippen LogP contribution is 2.31. The lowest BCUT2D eigenvalue weighted by Gasteiger charge is -2.13. The van der Waals surface area contributed by atoms with Gasteiger partial charge in [-0.1, -0.05) is 17.7 Å². The third-order valence-electron chi connectivity index (χ3n) is 2.53. The SMILES string of the molecule is CCOc1ccc(Nc2cccc(Cl)n2)cc1OCC. The van der Waals surface area contributed by atoms with Gasteiger partial charge in [0.1, 0.15) is 11.0 Å². The van der Waals surface area contributed by atoms with Crippen LogP contribution in [0.4, 0.5) is 11.5 Å². The van der Waals surface area contributed by atoms with Crippen LogP contribution in [0, 0.1) is 0 Å². The van der Waals surface area contributed by atoms with Gasteiger partial charge in [0.2, 0.25) is 0 Å². The van der Waals surface area contributed by atoms with E-state index in [1.807, 2.05) is 44.2 Å². The zero-order valence-corrected chi connectivity index (χ0v) is 12.3. The summed E-state index contributed by atoms with van der Waals surface area (Å²) >= 11 is 5.86. The molecule has 0 aliphatic heterocycles. The number of nitrogens with zero attached hydrogens (tertiary/aromatic N) is 1. The van der Waals surface area contributed by atoms with Gasteiger partial charge in [-0.2, -0.15) is 0 Å². The molecule has 5 heteroatoms. The van der Waals surface area contributed by atoms with Crippen molar-refractivity contribution in [3.63, 3.8) is 0 Å². The molecule has 2 rings (SSSR count). The largest absolute Gasteiger partial charge is 0.490 e. The van der Waals surface area contributed by atoms with Crippen LogP contribution in [0.25, 0.3) is 0 Å². The molecule has 0 aliphatic rings. The van der Waals surface area contributed by atoms with E-state index in [-0.39, 0.29) is 0 Å². The molecule has 0 amide bonds. The minimum absolute atomic E-state index is 0.450. The van der Waals surface area contributed by atoms with Crippen LogP contribution in [0.2, 0.25) is 5.15 Å². The maximum absolute atomic E-state index is 5.86. The lowest BCUT2D eigenvalue weighted by atomic mass is 10.2. The van der Waals surface area contributed by atoms with Crippen molar-refractivity contribution in [3.8, 4) is 11.5 Å². The first-order valence-corrected chi connectivity index (χ1v) is 6.90. The highest BCUT2D eigenvalue weighted by molar-refractivity contribution is 6.29. The van der Waals surface area contributed by atoms with Gasteiger partial charge in [0, 0.05) is 11.8 Å². The summed E-state index contributed by atoms with van der Waals surface area (Å²) in [6, 6.07) is 11.1. The van der Waals surface area contributed by atoms with Crippen molar-refractivity contribution in [1.82, 2.24) is 4.98 Å². The van der Waals surface area contributed by atoms with E-state index in [0.29, 0.717) is 29.9 Å². The molecule has 0 fully saturated rings. The van der Waals surface area contributed by atoms with Crippen LogP contribution >= 0.6 is 11.6 Å². The molecule has 0 saturated carbocycles. The summed E-state index contributed by atoms with van der Waals surface area (Å²) < 4.78 is 11.1. The minimum Gasteiger partial charge on any atom is -0.490 e. The lowest BCUT2D eigenvalue weighted by Crippen LogP contribution is -2.00. The van der Waals surface area contributed by atoms with Gasteiger partial charge < -0.3 is 14.8 Å². The molecular weight excluding hydrogens is 276 g/mol. The van der Waals surface area contributed by atoms with E-state index in [1.165, 1.54) is 0 Å². The Labute approximate surface area is 123 Å². The molecule has 0 unspecified atom stereocenters. The van der Waals surface area contributed by atoms with E-state index in [0.717, 1.165) is 11.4 Å². The van der Waals surface area contributed by atoms with Crippen molar-refractivity contribution in [2.45, 2.75) is 13.8 Å². The van der Waals surface area contributed by atoms with Gasteiger partial charge in [-0.3, -0.25) is 0 Å². The van der Waals surface area contributed by atoms with Gasteiger partial charge in [-0.25, -0.2) is 4.98 Å². The van der Waals surface area contributed by atoms with Crippen LogP contribution in [-0.4, -0.2) is 18.2 Å². The van der Waals surface area contributed by atoms with Gasteiger partial charge in [0.15, 0.2) is 11.5 Å². The first-order valence-electron chi connectivity index (χ1n) is 6.52. The maximum atomic E-state index is 5.86. The molecule has 1 aromatic carbocycles. The van der Waals surface area contributed by atoms with Gasteiger partial charge in [-0.05, 0) is 38.1 Å². The van der Waals surface area contributed by atoms with E-state index < -0.39 is 0 Å². The molecule has 4 nitrogen and oxygen atoms in total. The average molecular weight is 293 g/mol. The molecular formula is C15H17ClN2O2. The van der Waals surface area contributed by atoms with Crippen molar-refractivity contribution in [3.05, 3.63) is 41.6 Å². The molecule has 1 aromatic heterocycles. The first kappa shape index (κ1) is 14.5. The summed E-state index contributed by atoms with van der Waals surface area (Å²) in [5.41, 5.74) is 0.867. The van der Waals surface area contributed by atoms with Gasteiger partial charge in [0.05, 0.1) is 13.2 Å². The number of nitrogens with one attached hydrogen (secondary N) is 1. The number of hydrogen-bond donors (Lipinski definition) is 1. The van der Waals surface area contributed by atoms with E-state index in [1.54, 1.807) is 6.07 Å². The number of anilines is 2. The zero-order valence-electron chi connectivity index (χ0n) is 11.5. The Kier molecular flexibility index (Phi) is 5.07. The fraction of sp³-hybridized carbons (Fsp3) is 0.267. The Balaban J connectivity index is 2.22. The van der Waals surface area contributed by atoms with Crippen LogP contribution in [0.15, 0.2) is 36.4 Å². The Hall–Kier alpha value is -1.94. The summed E-state index contributed by atoms with van der Waals surface area (Å²) in [4.78, 5) is 4.19. The Morgan fingerprint density at radius 3 is 2.50 bits per heavy atom. The van der Waals surface area contributed by atoms with Crippen molar-refractivity contribution >= 4 is 23.1 Å². The molecule has 0 aliphatic carbocycles. The van der Waals surface area contributed by atoms with Crippen molar-refractivity contribution in [1.29, 1.82) is 0 Å². The highest BCUT2D eigenvalue weighted by Gasteiger charge is 2.06. The van der Waals surface area contributed by atoms with Crippen molar-refractivity contribution in [2.75, 3.05) is 18.5 Å². The molecule has 0 spiro atoms. The number of hydrogen-bond acceptors (Lipinski definition) is 4. The van der Waals surface area contributed by atoms with E-state index in [2.05, 4.69) is 10.3 Å². The standard InChI is InChI=1S/C15H17ClN2O2/c1-3-19-12-9-8-11(10-13(12)20-4-2)17-15-7-5-6-14(16)18-15/h5-10H,3-4H2,1-2H3,(H,17,18). The number of halogens is 1. The van der Waals surface area contributed by atoms with Crippen LogP contribution in [0.3, 0.4) is 0 Å². The molecule has 20 heavy (non-hydrogen) atoms. The number of pyridine rings is 1. The van der Waals surface area contributed by atoms with Crippen molar-refractivity contribution < 1.29 is 9.47 Å². The summed E-state index contributed by atoms with van der Waals surface area (Å²) in [6.07, 6.45) is 0. The van der Waals surface area contributed by atoms with E-state index in [9.17, 15) is 0 Å². The smallest absolute Gasteiger partial charge is 0.163 e. The normalized spacial score (nSPS) is 10.2. The first-order chi connectivity index (χ1) is 9.72. The molecule has 1 N–H and O–H groups in total. The topological polar surface area (TPSA) is 43.4 Å². The van der Waals surface area contributed by atoms with Crippen LogP contribution < -0.4 is 14.8 Å². The molecule has 0 bridgehead atoms. The summed E-state index contributed by atoms with van der Waals surface area (Å²) in [5.74, 6) is 2.13. The Morgan fingerprint density at radius 2 is 1.80 bits per heavy atom. The number of rotatable bonds is 6. The Bertz CT molecular complexity index is 576. The summed E-state index contributed by atoms with van der Waals surface area (Å²) in [5, 5.41) is 3.63. The second-order valence-corrected chi connectivity index (χ2v) is 4.39. The molecule has 106 valence electrons. The monoisotopic (exact) mass is 292 g/mol. The van der Waals surface area contributed by atoms with E-state index >= 15 is 0 Å². The zero-order chi connectivity index (χ0) is 14.4. The number of aromatic nitrogens is 1. The summed E-state index contributed by atoms with van der Waals surface area (Å²) in [6.45, 7) is 5.06. The fourth-order valence-corrected chi connectivity index (χ4v) is 1.92. The predicted octanol–water partition coefficient (Wildman–Crippen LogP) is 4.28. The van der Waals surface area contributed by atoms with Gasteiger partial charge >= 0.3 is 0 Å². The second-order valence-electron chi connectivity index (χ2n) is 4.00. The fourth-order valence-electron chi connectivity index (χ4n) is 1.75. The molecule has 0 atom stereocenters. The molecule has 2 aromatic rings. The quantitative estimate of drug-likeness (QED) is 0.807. The van der Waals surface area contributed by atoms with Crippen LogP contribution in [0.5, 0.6) is 11.5 Å². The third-order valence-corrected chi connectivity index (χ3v) is 2.74. The minimum atomic E-state index is 0.450. The molecule has 0 saturated heterocycles.